The number of nitrogens with one attached hydrogen (secondary N) is 1. The van der Waals surface area contributed by atoms with Gasteiger partial charge in [-0.3, -0.25) is 4.57 Å². The zero-order chi connectivity index (χ0) is 15.8. The van der Waals surface area contributed by atoms with E-state index in [2.05, 4.69) is 5.32 Å². The maximum absolute atomic E-state index is 12.2. The molecule has 1 amide bonds. The molecule has 0 heterocycles. The first kappa shape index (κ1) is 19.4. The van der Waals surface area contributed by atoms with Gasteiger partial charge < -0.3 is 24.2 Å². The van der Waals surface area contributed by atoms with Crippen LogP contribution in [0.2, 0.25) is 0 Å². The van der Waals surface area contributed by atoms with Crippen LogP contribution in [0.1, 0.15) is 41.0 Å². The van der Waals surface area contributed by atoms with Crippen molar-refractivity contribution in [1.82, 2.24) is 5.32 Å². The maximum Gasteiger partial charge on any atom is 0.407 e. The average Bonchev–Trinajstić information content (AvgIpc) is 2.26. The SMILES string of the molecule is CCOP(=O)(OCC)[C@H](O)CCNC(=O)OC(C)(C)C. The molecule has 0 rings (SSSR count). The summed E-state index contributed by atoms with van der Waals surface area (Å²) >= 11 is 0. The monoisotopic (exact) mass is 311 g/mol. The fourth-order valence-corrected chi connectivity index (χ4v) is 2.93. The molecule has 120 valence electrons. The van der Waals surface area contributed by atoms with Gasteiger partial charge in [0.2, 0.25) is 0 Å². The lowest BCUT2D eigenvalue weighted by molar-refractivity contribution is 0.0520. The molecule has 0 aromatic carbocycles. The molecule has 0 bridgehead atoms. The van der Waals surface area contributed by atoms with E-state index in [-0.39, 0.29) is 26.2 Å². The van der Waals surface area contributed by atoms with Gasteiger partial charge in [0.25, 0.3) is 0 Å². The van der Waals surface area contributed by atoms with E-state index in [9.17, 15) is 14.5 Å². The number of aliphatic hydroxyl groups is 1. The molecular formula is C12H26NO6P. The van der Waals surface area contributed by atoms with Crippen LogP contribution in [0.3, 0.4) is 0 Å². The number of hydrogen-bond acceptors (Lipinski definition) is 6. The van der Waals surface area contributed by atoms with Crippen molar-refractivity contribution in [3.8, 4) is 0 Å². The van der Waals surface area contributed by atoms with Gasteiger partial charge in [-0.2, -0.15) is 0 Å². The molecule has 0 aliphatic rings. The van der Waals surface area contributed by atoms with Gasteiger partial charge in [0, 0.05) is 13.0 Å². The number of carbonyl (C=O) groups excluding carboxylic acids is 1. The first-order chi connectivity index (χ1) is 9.14. The van der Waals surface area contributed by atoms with Crippen LogP contribution in [-0.4, -0.2) is 42.4 Å². The largest absolute Gasteiger partial charge is 0.444 e. The molecule has 0 aromatic rings. The van der Waals surface area contributed by atoms with Gasteiger partial charge in [-0.1, -0.05) is 0 Å². The highest BCUT2D eigenvalue weighted by atomic mass is 31.2. The lowest BCUT2D eigenvalue weighted by Crippen LogP contribution is -2.34. The summed E-state index contributed by atoms with van der Waals surface area (Å²) in [5.74, 6) is -1.28. The topological polar surface area (TPSA) is 94.1 Å². The standard InChI is InChI=1S/C12H26NO6P/c1-6-17-20(16,18-7-2)10(14)8-9-13-11(15)19-12(3,4)5/h10,14H,6-9H2,1-5H3,(H,13,15)/t10-/m0/s1. The lowest BCUT2D eigenvalue weighted by atomic mass is 10.2. The summed E-state index contributed by atoms with van der Waals surface area (Å²) in [7, 11) is -3.55. The van der Waals surface area contributed by atoms with E-state index in [0.717, 1.165) is 0 Å². The third-order valence-electron chi connectivity index (χ3n) is 2.05. The Morgan fingerprint density at radius 1 is 1.25 bits per heavy atom. The van der Waals surface area contributed by atoms with Crippen molar-refractivity contribution in [2.24, 2.45) is 0 Å². The first-order valence-electron chi connectivity index (χ1n) is 6.68. The second-order valence-electron chi connectivity index (χ2n) is 5.07. The minimum absolute atomic E-state index is 0.0521. The molecule has 0 aromatic heterocycles. The Morgan fingerprint density at radius 3 is 2.15 bits per heavy atom. The van der Waals surface area contributed by atoms with Crippen LogP contribution in [0.25, 0.3) is 0 Å². The molecule has 0 radical (unpaired) electrons. The van der Waals surface area contributed by atoms with Crippen LogP contribution in [0.5, 0.6) is 0 Å². The number of alkyl carbamates (subject to hydrolysis) is 1. The van der Waals surface area contributed by atoms with Gasteiger partial charge in [0.15, 0.2) is 5.85 Å². The number of rotatable bonds is 8. The fraction of sp³-hybridized carbons (Fsp3) is 0.917. The van der Waals surface area contributed by atoms with E-state index in [1.807, 2.05) is 0 Å². The van der Waals surface area contributed by atoms with Crippen LogP contribution in [0, 0.1) is 0 Å². The molecular weight excluding hydrogens is 285 g/mol. The molecule has 2 N–H and O–H groups in total. The fourth-order valence-electron chi connectivity index (χ4n) is 1.34. The summed E-state index contributed by atoms with van der Waals surface area (Å²) in [6, 6.07) is 0. The van der Waals surface area contributed by atoms with Crippen molar-refractivity contribution >= 4 is 13.7 Å². The Morgan fingerprint density at radius 2 is 1.75 bits per heavy atom. The second kappa shape index (κ2) is 8.62. The molecule has 0 unspecified atom stereocenters. The molecule has 1 atom stereocenters. The zero-order valence-corrected chi connectivity index (χ0v) is 13.7. The van der Waals surface area contributed by atoms with Crippen molar-refractivity contribution in [2.75, 3.05) is 19.8 Å². The number of aliphatic hydroxyl groups excluding tert-OH is 1. The quantitative estimate of drug-likeness (QED) is 0.669. The van der Waals surface area contributed by atoms with Gasteiger partial charge in [0.05, 0.1) is 13.2 Å². The summed E-state index contributed by atoms with van der Waals surface area (Å²) in [6.07, 6.45) is -0.538. The number of amides is 1. The average molecular weight is 311 g/mol. The maximum atomic E-state index is 12.2. The van der Waals surface area contributed by atoms with E-state index in [1.165, 1.54) is 0 Å². The minimum Gasteiger partial charge on any atom is -0.444 e. The van der Waals surface area contributed by atoms with Crippen LogP contribution >= 0.6 is 7.60 Å². The van der Waals surface area contributed by atoms with Crippen molar-refractivity contribution in [1.29, 1.82) is 0 Å². The zero-order valence-electron chi connectivity index (χ0n) is 12.8. The second-order valence-corrected chi connectivity index (χ2v) is 7.27. The Hall–Kier alpha value is -0.620. The van der Waals surface area contributed by atoms with Crippen molar-refractivity contribution in [2.45, 2.75) is 52.5 Å². The van der Waals surface area contributed by atoms with E-state index in [4.69, 9.17) is 13.8 Å². The lowest BCUT2D eigenvalue weighted by Gasteiger charge is -2.23. The molecule has 7 nitrogen and oxygen atoms in total. The predicted molar refractivity (Wildman–Crippen MR) is 75.7 cm³/mol. The number of carbonyl (C=O) groups is 1. The van der Waals surface area contributed by atoms with Crippen LogP contribution in [-0.2, 0) is 18.3 Å². The molecule has 0 saturated carbocycles. The van der Waals surface area contributed by atoms with Crippen molar-refractivity contribution < 1.29 is 28.3 Å². The van der Waals surface area contributed by atoms with Gasteiger partial charge in [-0.05, 0) is 34.6 Å². The first-order valence-corrected chi connectivity index (χ1v) is 8.29. The summed E-state index contributed by atoms with van der Waals surface area (Å²) in [5.41, 5.74) is -0.589. The van der Waals surface area contributed by atoms with E-state index >= 15 is 0 Å². The highest BCUT2D eigenvalue weighted by Crippen LogP contribution is 2.52. The Balaban J connectivity index is 4.23. The van der Waals surface area contributed by atoms with Crippen molar-refractivity contribution in [3.05, 3.63) is 0 Å². The highest BCUT2D eigenvalue weighted by molar-refractivity contribution is 7.54. The Labute approximate surface area is 120 Å². The van der Waals surface area contributed by atoms with Gasteiger partial charge in [0.1, 0.15) is 5.60 Å². The molecule has 0 aliphatic heterocycles. The van der Waals surface area contributed by atoms with E-state index in [0.29, 0.717) is 0 Å². The number of ether oxygens (including phenoxy) is 1. The Kier molecular flexibility index (Phi) is 8.35. The molecule has 0 fully saturated rings. The van der Waals surface area contributed by atoms with Gasteiger partial charge in [-0.15, -0.1) is 0 Å². The summed E-state index contributed by atoms with van der Waals surface area (Å²) < 4.78 is 27.2. The van der Waals surface area contributed by atoms with Crippen LogP contribution in [0.4, 0.5) is 4.79 Å². The summed E-state index contributed by atoms with van der Waals surface area (Å²) in [5, 5.41) is 12.3. The smallest absolute Gasteiger partial charge is 0.407 e. The minimum atomic E-state index is -3.55. The van der Waals surface area contributed by atoms with Crippen molar-refractivity contribution in [3.63, 3.8) is 0 Å². The van der Waals surface area contributed by atoms with Crippen LogP contribution in [0.15, 0.2) is 0 Å². The molecule has 20 heavy (non-hydrogen) atoms. The molecule has 8 heteroatoms. The number of hydrogen-bond donors (Lipinski definition) is 2. The molecule has 0 aliphatic carbocycles. The summed E-state index contributed by atoms with van der Waals surface area (Å²) in [4.78, 5) is 11.4. The highest BCUT2D eigenvalue weighted by Gasteiger charge is 2.33. The third kappa shape index (κ3) is 7.85. The Bertz CT molecular complexity index is 331. The molecule has 0 saturated heterocycles. The summed E-state index contributed by atoms with van der Waals surface area (Å²) in [6.45, 7) is 9.04. The van der Waals surface area contributed by atoms with Gasteiger partial charge >= 0.3 is 13.7 Å². The van der Waals surface area contributed by atoms with Crippen LogP contribution < -0.4 is 5.32 Å². The normalized spacial score (nSPS) is 13.9. The third-order valence-corrected chi connectivity index (χ3v) is 4.28. The molecule has 0 spiro atoms. The van der Waals surface area contributed by atoms with E-state index < -0.39 is 25.1 Å². The predicted octanol–water partition coefficient (Wildman–Crippen LogP) is 2.49. The van der Waals surface area contributed by atoms with E-state index in [1.54, 1.807) is 34.6 Å². The van der Waals surface area contributed by atoms with Gasteiger partial charge in [-0.25, -0.2) is 4.79 Å².